The lowest BCUT2D eigenvalue weighted by molar-refractivity contribution is -0.143. The monoisotopic (exact) mass is 342 g/mol. The molecule has 4 nitrogen and oxygen atoms in total. The molecule has 1 aliphatic rings. The van der Waals surface area contributed by atoms with Gasteiger partial charge in [0.15, 0.2) is 5.11 Å². The summed E-state index contributed by atoms with van der Waals surface area (Å²) in [6.07, 6.45) is -0.293. The zero-order valence-corrected chi connectivity index (χ0v) is 13.9. The molecule has 0 aromatic heterocycles. The fourth-order valence-electron chi connectivity index (χ4n) is 2.24. The Labute approximate surface area is 138 Å². The first kappa shape index (κ1) is 16.7. The van der Waals surface area contributed by atoms with Crippen LogP contribution in [0.2, 0.25) is 5.02 Å². The van der Waals surface area contributed by atoms with Gasteiger partial charge in [-0.3, -0.25) is 0 Å². The number of nitrogens with one attached hydrogen (secondary N) is 2. The summed E-state index contributed by atoms with van der Waals surface area (Å²) in [6, 6.07) is 3.56. The molecule has 2 rings (SSSR count). The molecule has 118 valence electrons. The van der Waals surface area contributed by atoms with Gasteiger partial charge < -0.3 is 15.4 Å². The molecule has 22 heavy (non-hydrogen) atoms. The molecule has 0 amide bonds. The summed E-state index contributed by atoms with van der Waals surface area (Å²) < 4.78 is 19.5. The number of hydrogen-bond donors (Lipinski definition) is 2. The van der Waals surface area contributed by atoms with Crippen molar-refractivity contribution in [3.8, 4) is 0 Å². The fraction of sp³-hybridized carbons (Fsp3) is 0.333. The first-order chi connectivity index (χ1) is 10.3. The second-order valence-corrected chi connectivity index (χ2v) is 5.97. The molecule has 1 aliphatic heterocycles. The van der Waals surface area contributed by atoms with Gasteiger partial charge in [0.2, 0.25) is 0 Å². The SMILES string of the molecule is CC1=C(C(=O)OC(C)C)[C@@H](c2c(F)cccc2Cl)NC(=S)N1. The van der Waals surface area contributed by atoms with Crippen molar-refractivity contribution in [2.75, 3.05) is 0 Å². The van der Waals surface area contributed by atoms with Crippen LogP contribution in [0, 0.1) is 5.82 Å². The van der Waals surface area contributed by atoms with Crippen LogP contribution in [0.1, 0.15) is 32.4 Å². The van der Waals surface area contributed by atoms with Crippen molar-refractivity contribution in [2.45, 2.75) is 32.9 Å². The molecule has 1 atom stereocenters. The summed E-state index contributed by atoms with van der Waals surface area (Å²) in [5, 5.41) is 6.25. The number of allylic oxidation sites excluding steroid dienone is 1. The molecule has 0 radical (unpaired) electrons. The lowest BCUT2D eigenvalue weighted by atomic mass is 9.95. The number of halogens is 2. The first-order valence-electron chi connectivity index (χ1n) is 6.74. The van der Waals surface area contributed by atoms with Crippen molar-refractivity contribution in [1.29, 1.82) is 0 Å². The third kappa shape index (κ3) is 3.39. The first-order valence-corrected chi connectivity index (χ1v) is 7.53. The summed E-state index contributed by atoms with van der Waals surface area (Å²) >= 11 is 11.2. The van der Waals surface area contributed by atoms with E-state index in [0.717, 1.165) is 0 Å². The Morgan fingerprint density at radius 1 is 1.45 bits per heavy atom. The number of hydrogen-bond acceptors (Lipinski definition) is 3. The van der Waals surface area contributed by atoms with Crippen molar-refractivity contribution in [1.82, 2.24) is 10.6 Å². The van der Waals surface area contributed by atoms with Gasteiger partial charge in [0.25, 0.3) is 0 Å². The van der Waals surface area contributed by atoms with Crippen LogP contribution < -0.4 is 10.6 Å². The Morgan fingerprint density at radius 3 is 2.73 bits per heavy atom. The van der Waals surface area contributed by atoms with Gasteiger partial charge in [-0.2, -0.15) is 0 Å². The van der Waals surface area contributed by atoms with E-state index in [1.807, 2.05) is 0 Å². The molecule has 0 bridgehead atoms. The molecule has 1 aromatic carbocycles. The number of carbonyl (C=O) groups excluding carboxylic acids is 1. The van der Waals surface area contributed by atoms with Crippen LogP contribution in [-0.4, -0.2) is 17.2 Å². The number of rotatable bonds is 3. The standard InChI is InChI=1S/C15H16ClFN2O2S/c1-7(2)21-14(20)11-8(3)18-15(22)19-13(11)12-9(16)5-4-6-10(12)17/h4-7,13H,1-3H3,(H2,18,19,22)/t13-/m0/s1. The number of benzene rings is 1. The average molecular weight is 343 g/mol. The van der Waals surface area contributed by atoms with Crippen molar-refractivity contribution in [3.05, 3.63) is 45.9 Å². The van der Waals surface area contributed by atoms with E-state index >= 15 is 0 Å². The largest absolute Gasteiger partial charge is 0.459 e. The minimum atomic E-state index is -0.798. The molecule has 1 heterocycles. The summed E-state index contributed by atoms with van der Waals surface area (Å²) in [5.41, 5.74) is 0.941. The van der Waals surface area contributed by atoms with Crippen LogP contribution in [0.25, 0.3) is 0 Å². The van der Waals surface area contributed by atoms with Crippen molar-refractivity contribution < 1.29 is 13.9 Å². The van der Waals surface area contributed by atoms with Gasteiger partial charge in [-0.15, -0.1) is 0 Å². The van der Waals surface area contributed by atoms with Crippen LogP contribution in [-0.2, 0) is 9.53 Å². The predicted octanol–water partition coefficient (Wildman–Crippen LogP) is 3.22. The van der Waals surface area contributed by atoms with Crippen LogP contribution in [0.3, 0.4) is 0 Å². The van der Waals surface area contributed by atoms with E-state index in [-0.39, 0.29) is 22.3 Å². The van der Waals surface area contributed by atoms with Crippen molar-refractivity contribution in [2.24, 2.45) is 0 Å². The second-order valence-electron chi connectivity index (χ2n) is 5.16. The molecular formula is C15H16ClFN2O2S. The number of carbonyl (C=O) groups is 1. The van der Waals surface area contributed by atoms with E-state index in [9.17, 15) is 9.18 Å². The van der Waals surface area contributed by atoms with Gasteiger partial charge in [-0.1, -0.05) is 17.7 Å². The molecule has 0 aliphatic carbocycles. The maximum atomic E-state index is 14.2. The summed E-state index contributed by atoms with van der Waals surface area (Å²) in [7, 11) is 0. The molecular weight excluding hydrogens is 327 g/mol. The van der Waals surface area contributed by atoms with Gasteiger partial charge in [-0.05, 0) is 45.1 Å². The van der Waals surface area contributed by atoms with Crippen LogP contribution >= 0.6 is 23.8 Å². The number of thiocarbonyl (C=S) groups is 1. The Balaban J connectivity index is 2.53. The van der Waals surface area contributed by atoms with E-state index in [4.69, 9.17) is 28.6 Å². The Kier molecular flexibility index (Phi) is 5.03. The zero-order chi connectivity index (χ0) is 16.4. The molecule has 7 heteroatoms. The Bertz CT molecular complexity index is 641. The molecule has 0 saturated heterocycles. The van der Waals surface area contributed by atoms with Crippen LogP contribution in [0.4, 0.5) is 4.39 Å². The highest BCUT2D eigenvalue weighted by molar-refractivity contribution is 7.80. The van der Waals surface area contributed by atoms with Crippen LogP contribution in [0.15, 0.2) is 29.5 Å². The van der Waals surface area contributed by atoms with E-state index in [2.05, 4.69) is 10.6 Å². The second kappa shape index (κ2) is 6.62. The lowest BCUT2D eigenvalue weighted by Gasteiger charge is -2.30. The summed E-state index contributed by atoms with van der Waals surface area (Å²) in [5.74, 6) is -1.06. The molecule has 2 N–H and O–H groups in total. The van der Waals surface area contributed by atoms with Gasteiger partial charge in [0.05, 0.1) is 17.7 Å². The van der Waals surface area contributed by atoms with Crippen molar-refractivity contribution in [3.63, 3.8) is 0 Å². The number of ether oxygens (including phenoxy) is 1. The highest BCUT2D eigenvalue weighted by Crippen LogP contribution is 2.34. The zero-order valence-electron chi connectivity index (χ0n) is 12.4. The normalized spacial score (nSPS) is 18.1. The third-order valence-electron chi connectivity index (χ3n) is 3.12. The Morgan fingerprint density at radius 2 is 2.14 bits per heavy atom. The summed E-state index contributed by atoms with van der Waals surface area (Å²) in [6.45, 7) is 5.17. The van der Waals surface area contributed by atoms with E-state index < -0.39 is 17.8 Å². The smallest absolute Gasteiger partial charge is 0.338 e. The highest BCUT2D eigenvalue weighted by Gasteiger charge is 2.34. The van der Waals surface area contributed by atoms with E-state index in [1.54, 1.807) is 26.8 Å². The summed E-state index contributed by atoms with van der Waals surface area (Å²) in [4.78, 5) is 12.4. The number of esters is 1. The molecule has 0 spiro atoms. The Hall–Kier alpha value is -1.66. The fourth-order valence-corrected chi connectivity index (χ4v) is 2.79. The van der Waals surface area contributed by atoms with Gasteiger partial charge in [0.1, 0.15) is 5.82 Å². The molecule has 0 saturated carbocycles. The minimum Gasteiger partial charge on any atom is -0.459 e. The minimum absolute atomic E-state index is 0.170. The van der Waals surface area contributed by atoms with Gasteiger partial charge in [-0.25, -0.2) is 9.18 Å². The molecule has 0 fully saturated rings. The van der Waals surface area contributed by atoms with E-state index in [0.29, 0.717) is 10.8 Å². The van der Waals surface area contributed by atoms with Gasteiger partial charge >= 0.3 is 5.97 Å². The highest BCUT2D eigenvalue weighted by atomic mass is 35.5. The van der Waals surface area contributed by atoms with Crippen LogP contribution in [0.5, 0.6) is 0 Å². The lowest BCUT2D eigenvalue weighted by Crippen LogP contribution is -2.45. The topological polar surface area (TPSA) is 50.4 Å². The molecule has 1 aromatic rings. The van der Waals surface area contributed by atoms with E-state index in [1.165, 1.54) is 12.1 Å². The maximum Gasteiger partial charge on any atom is 0.338 e. The van der Waals surface area contributed by atoms with Crippen molar-refractivity contribution >= 4 is 34.9 Å². The third-order valence-corrected chi connectivity index (χ3v) is 3.67. The van der Waals surface area contributed by atoms with Gasteiger partial charge in [0, 0.05) is 16.3 Å². The predicted molar refractivity (Wildman–Crippen MR) is 86.9 cm³/mol. The molecule has 0 unspecified atom stereocenters. The quantitative estimate of drug-likeness (QED) is 0.652. The average Bonchev–Trinajstić information content (AvgIpc) is 2.36. The maximum absolute atomic E-state index is 14.2.